The van der Waals surface area contributed by atoms with E-state index in [1.807, 2.05) is 0 Å². The Labute approximate surface area is 250 Å². The highest BCUT2D eigenvalue weighted by Crippen LogP contribution is 2.35. The summed E-state index contributed by atoms with van der Waals surface area (Å²) < 4.78 is 12.3. The van der Waals surface area contributed by atoms with Crippen LogP contribution in [0.15, 0.2) is 6.20 Å². The second-order valence-corrected chi connectivity index (χ2v) is 12.6. The summed E-state index contributed by atoms with van der Waals surface area (Å²) in [5, 5.41) is 32.5. The molecule has 3 fully saturated rings. The molecule has 0 aromatic carbocycles. The van der Waals surface area contributed by atoms with Gasteiger partial charge in [0.2, 0.25) is 11.8 Å². The Balaban J connectivity index is 1.67. The molecule has 0 spiro atoms. The van der Waals surface area contributed by atoms with Crippen LogP contribution >= 0.6 is 0 Å². The summed E-state index contributed by atoms with van der Waals surface area (Å²) >= 11 is 0. The van der Waals surface area contributed by atoms with Crippen LogP contribution in [0.3, 0.4) is 0 Å². The molecule has 15 nitrogen and oxygen atoms in total. The van der Waals surface area contributed by atoms with E-state index in [2.05, 4.69) is 15.6 Å². The lowest BCUT2D eigenvalue weighted by Gasteiger charge is -2.38. The molecular formula is C28H45N7O8. The van der Waals surface area contributed by atoms with E-state index in [-0.39, 0.29) is 44.8 Å². The van der Waals surface area contributed by atoms with E-state index in [0.717, 1.165) is 32.1 Å². The molecule has 1 saturated carbocycles. The molecule has 240 valence electrons. The van der Waals surface area contributed by atoms with Crippen molar-refractivity contribution in [3.63, 3.8) is 0 Å². The molecule has 3 aliphatic rings. The van der Waals surface area contributed by atoms with Crippen LogP contribution in [-0.4, -0.2) is 97.5 Å². The number of aliphatic hydroxyl groups is 2. The summed E-state index contributed by atoms with van der Waals surface area (Å²) in [6.07, 6.45) is 3.54. The molecule has 0 radical (unpaired) electrons. The number of carbonyl (C=O) groups is 4. The number of carbonyl (C=O) groups excluding carboxylic acids is 4. The molecule has 43 heavy (non-hydrogen) atoms. The third kappa shape index (κ3) is 7.62. The van der Waals surface area contributed by atoms with Gasteiger partial charge in [-0.15, -0.1) is 5.10 Å². The van der Waals surface area contributed by atoms with Crippen molar-refractivity contribution in [2.45, 2.75) is 113 Å². The van der Waals surface area contributed by atoms with Crippen molar-refractivity contribution in [3.8, 4) is 0 Å². The van der Waals surface area contributed by atoms with Crippen LogP contribution in [0.1, 0.15) is 89.8 Å². The molecule has 7 N–H and O–H groups in total. The number of rotatable bonds is 10. The smallest absolute Gasteiger partial charge is 0.405 e. The van der Waals surface area contributed by atoms with Gasteiger partial charge in [-0.3, -0.25) is 14.4 Å². The summed E-state index contributed by atoms with van der Waals surface area (Å²) in [4.78, 5) is 53.5. The lowest BCUT2D eigenvalue weighted by atomic mass is 9.83. The average molecular weight is 608 g/mol. The van der Waals surface area contributed by atoms with Crippen LogP contribution in [0, 0.1) is 5.92 Å². The Morgan fingerprint density at radius 2 is 1.88 bits per heavy atom. The molecule has 0 bridgehead atoms. The molecule has 1 aromatic heterocycles. The van der Waals surface area contributed by atoms with Crippen molar-refractivity contribution in [3.05, 3.63) is 11.9 Å². The third-order valence-electron chi connectivity index (χ3n) is 8.99. The van der Waals surface area contributed by atoms with E-state index in [0.29, 0.717) is 18.7 Å². The minimum atomic E-state index is -1.69. The number of ether oxygens (including phenoxy) is 2. The Bertz CT molecular complexity index is 1150. The highest BCUT2D eigenvalue weighted by Gasteiger charge is 2.49. The average Bonchev–Trinajstić information content (AvgIpc) is 3.56. The number of aliphatic hydroxyl groups excluding tert-OH is 1. The van der Waals surface area contributed by atoms with Crippen molar-refractivity contribution in [2.24, 2.45) is 17.4 Å². The van der Waals surface area contributed by atoms with Crippen molar-refractivity contribution >= 4 is 23.8 Å². The van der Waals surface area contributed by atoms with Gasteiger partial charge in [0, 0.05) is 26.2 Å². The van der Waals surface area contributed by atoms with Crippen LogP contribution in [0.5, 0.6) is 0 Å². The van der Waals surface area contributed by atoms with E-state index >= 15 is 0 Å². The quantitative estimate of drug-likeness (QED) is 0.239. The molecule has 2 unspecified atom stereocenters. The highest BCUT2D eigenvalue weighted by molar-refractivity contribution is 5.92. The third-order valence-corrected chi connectivity index (χ3v) is 8.99. The molecule has 5 atom stereocenters. The fourth-order valence-corrected chi connectivity index (χ4v) is 6.72. The van der Waals surface area contributed by atoms with Crippen molar-refractivity contribution in [2.75, 3.05) is 19.8 Å². The summed E-state index contributed by atoms with van der Waals surface area (Å²) in [5.74, 6) is -2.02. The number of nitrogens with two attached hydrogens (primary N) is 2. The number of hydrogen-bond acceptors (Lipinski definition) is 10. The molecule has 4 rings (SSSR count). The number of nitrogens with one attached hydrogen (secondary N) is 1. The summed E-state index contributed by atoms with van der Waals surface area (Å²) in [5.41, 5.74) is 8.53. The molecule has 3 heterocycles. The Kier molecular flexibility index (Phi) is 10.3. The first-order valence-corrected chi connectivity index (χ1v) is 15.1. The van der Waals surface area contributed by atoms with Gasteiger partial charge in [-0.1, -0.05) is 37.3 Å². The lowest BCUT2D eigenvalue weighted by molar-refractivity contribution is -0.147. The van der Waals surface area contributed by atoms with Gasteiger partial charge in [-0.25, -0.2) is 9.48 Å². The first-order chi connectivity index (χ1) is 20.3. The highest BCUT2D eigenvalue weighted by atomic mass is 16.6. The first kappa shape index (κ1) is 32.6. The van der Waals surface area contributed by atoms with E-state index in [1.54, 1.807) is 13.8 Å². The van der Waals surface area contributed by atoms with Crippen LogP contribution in [0.25, 0.3) is 0 Å². The van der Waals surface area contributed by atoms with Crippen LogP contribution in [0.2, 0.25) is 0 Å². The SMILES string of the molecule is CC(C)(O)c1cnnn1[C@H]1C[C@@H](C(=O)NC2(C(O)C(N)=O)CCCOCC2)N(C(=O)[C@@H](CC2CCCCC2)OC(N)=O)C1. The standard InChI is InChI=1S/C28H45N7O8/c1-27(2,41)21-15-31-33-35(21)18-14-19(24(38)32-28(22(36)23(29)37)9-6-11-42-12-10-28)34(16-18)25(39)20(43-26(30)40)13-17-7-4-3-5-8-17/h15,17-20,22,36,41H,3-14,16H2,1-2H3,(H2,29,37)(H2,30,40)(H,32,38)/t18-,19-,20+,22?,28?/m0/s1. The van der Waals surface area contributed by atoms with E-state index in [4.69, 9.17) is 20.9 Å². The van der Waals surface area contributed by atoms with E-state index in [1.165, 1.54) is 15.8 Å². The number of amides is 4. The molecule has 15 heteroatoms. The maximum Gasteiger partial charge on any atom is 0.405 e. The Morgan fingerprint density at radius 3 is 2.53 bits per heavy atom. The number of nitrogens with zero attached hydrogens (tertiary/aromatic N) is 4. The molecule has 4 amide bonds. The van der Waals surface area contributed by atoms with E-state index < -0.39 is 59.2 Å². The largest absolute Gasteiger partial charge is 0.436 e. The Hall–Kier alpha value is -3.30. The molecule has 2 saturated heterocycles. The number of aromatic nitrogens is 3. The predicted octanol–water partition coefficient (Wildman–Crippen LogP) is -0.0165. The summed E-state index contributed by atoms with van der Waals surface area (Å²) in [6.45, 7) is 3.73. The maximum absolute atomic E-state index is 14.1. The normalized spacial score (nSPS) is 26.7. The van der Waals surface area contributed by atoms with Gasteiger partial charge in [0.1, 0.15) is 11.6 Å². The topological polar surface area (TPSA) is 225 Å². The van der Waals surface area contributed by atoms with Gasteiger partial charge in [-0.05, 0) is 45.4 Å². The molecule has 2 aliphatic heterocycles. The fourth-order valence-electron chi connectivity index (χ4n) is 6.72. The zero-order chi connectivity index (χ0) is 31.4. The van der Waals surface area contributed by atoms with Gasteiger partial charge >= 0.3 is 6.09 Å². The molecular weight excluding hydrogens is 562 g/mol. The second kappa shape index (κ2) is 13.6. The molecule has 1 aromatic rings. The summed E-state index contributed by atoms with van der Waals surface area (Å²) in [6, 6.07) is -1.66. The number of hydrogen-bond donors (Lipinski definition) is 5. The number of likely N-dealkylation sites (tertiary alicyclic amines) is 1. The van der Waals surface area contributed by atoms with E-state index in [9.17, 15) is 29.4 Å². The monoisotopic (exact) mass is 607 g/mol. The number of primary amides is 2. The zero-order valence-corrected chi connectivity index (χ0v) is 24.9. The lowest BCUT2D eigenvalue weighted by Crippen LogP contribution is -2.63. The predicted molar refractivity (Wildman–Crippen MR) is 151 cm³/mol. The van der Waals surface area contributed by atoms with Crippen molar-refractivity contribution < 1.29 is 38.9 Å². The van der Waals surface area contributed by atoms with Crippen LogP contribution in [0.4, 0.5) is 4.79 Å². The summed E-state index contributed by atoms with van der Waals surface area (Å²) in [7, 11) is 0. The van der Waals surface area contributed by atoms with Gasteiger partial charge in [0.05, 0.1) is 23.5 Å². The van der Waals surface area contributed by atoms with Gasteiger partial charge < -0.3 is 41.4 Å². The molecule has 1 aliphatic carbocycles. The van der Waals surface area contributed by atoms with Crippen LogP contribution in [-0.2, 0) is 29.5 Å². The Morgan fingerprint density at radius 1 is 1.16 bits per heavy atom. The van der Waals surface area contributed by atoms with Crippen molar-refractivity contribution in [1.82, 2.24) is 25.2 Å². The first-order valence-electron chi connectivity index (χ1n) is 15.1. The second-order valence-electron chi connectivity index (χ2n) is 12.6. The minimum absolute atomic E-state index is 0.00112. The fraction of sp³-hybridized carbons (Fsp3) is 0.786. The van der Waals surface area contributed by atoms with Gasteiger partial charge in [0.15, 0.2) is 12.2 Å². The van der Waals surface area contributed by atoms with Crippen molar-refractivity contribution in [1.29, 1.82) is 0 Å². The van der Waals surface area contributed by atoms with Gasteiger partial charge in [-0.2, -0.15) is 0 Å². The van der Waals surface area contributed by atoms with Crippen LogP contribution < -0.4 is 16.8 Å². The van der Waals surface area contributed by atoms with Gasteiger partial charge in [0.25, 0.3) is 5.91 Å². The minimum Gasteiger partial charge on any atom is -0.436 e. The maximum atomic E-state index is 14.1. The zero-order valence-electron chi connectivity index (χ0n) is 24.9.